The molecule has 0 aliphatic carbocycles. The van der Waals surface area contributed by atoms with Gasteiger partial charge in [0.15, 0.2) is 0 Å². The maximum Gasteiger partial charge on any atom is 0.408 e. The monoisotopic (exact) mass is 460 g/mol. The maximum absolute atomic E-state index is 12.8. The Morgan fingerprint density at radius 3 is 2.58 bits per heavy atom. The van der Waals surface area contributed by atoms with Crippen molar-refractivity contribution in [1.29, 1.82) is 0 Å². The molecule has 0 aliphatic heterocycles. The average molecular weight is 461 g/mol. The van der Waals surface area contributed by atoms with E-state index >= 15 is 0 Å². The highest BCUT2D eigenvalue weighted by atomic mass is 35.5. The van der Waals surface area contributed by atoms with Crippen molar-refractivity contribution in [2.24, 2.45) is 0 Å². The van der Waals surface area contributed by atoms with Crippen molar-refractivity contribution in [3.63, 3.8) is 0 Å². The molecule has 0 aliphatic rings. The van der Waals surface area contributed by atoms with Crippen molar-refractivity contribution < 1.29 is 14.3 Å². The summed E-state index contributed by atoms with van der Waals surface area (Å²) in [7, 11) is 0. The lowest BCUT2D eigenvalue weighted by Crippen LogP contribution is -2.43. The van der Waals surface area contributed by atoms with Crippen LogP contribution >= 0.6 is 23.1 Å². The van der Waals surface area contributed by atoms with E-state index in [0.29, 0.717) is 23.7 Å². The molecule has 2 amide bonds. The predicted molar refractivity (Wildman–Crippen MR) is 125 cm³/mol. The Bertz CT molecular complexity index is 1050. The molecular weight excluding hydrogens is 436 g/mol. The summed E-state index contributed by atoms with van der Waals surface area (Å²) in [6, 6.07) is 13.8. The maximum atomic E-state index is 12.8. The Morgan fingerprint density at radius 1 is 1.13 bits per heavy atom. The summed E-state index contributed by atoms with van der Waals surface area (Å²) in [5.41, 5.74) is 0.00392. The Balaban J connectivity index is 1.59. The van der Waals surface area contributed by atoms with Crippen LogP contribution in [0.25, 0.3) is 10.1 Å². The number of hydrogen-bond donors (Lipinski definition) is 3. The first-order valence-corrected chi connectivity index (χ1v) is 11.0. The first-order valence-electron chi connectivity index (χ1n) is 9.84. The Morgan fingerprint density at radius 2 is 1.87 bits per heavy atom. The van der Waals surface area contributed by atoms with Crippen LogP contribution in [-0.2, 0) is 9.53 Å². The highest BCUT2D eigenvalue weighted by Gasteiger charge is 2.25. The van der Waals surface area contributed by atoms with E-state index in [9.17, 15) is 9.59 Å². The van der Waals surface area contributed by atoms with Crippen LogP contribution in [0.1, 0.15) is 32.4 Å². The molecule has 9 heteroatoms. The third-order valence-corrected chi connectivity index (χ3v) is 5.27. The molecule has 0 unspecified atom stereocenters. The second-order valence-corrected chi connectivity index (χ2v) is 9.12. The molecule has 3 rings (SSSR count). The highest BCUT2D eigenvalue weighted by molar-refractivity contribution is 7.13. The number of carbonyl (C=O) groups excluding carboxylic acids is 2. The summed E-state index contributed by atoms with van der Waals surface area (Å²) in [5.74, 6) is 0.397. The minimum absolute atomic E-state index is 0.329. The molecule has 0 bridgehead atoms. The number of nitrogens with zero attached hydrogens (tertiary/aromatic N) is 1. The number of hydrogen-bond acceptors (Lipinski definition) is 6. The smallest absolute Gasteiger partial charge is 0.408 e. The third-order valence-electron chi connectivity index (χ3n) is 4.20. The average Bonchev–Trinajstić information content (AvgIpc) is 3.10. The van der Waals surface area contributed by atoms with E-state index in [-0.39, 0.29) is 5.91 Å². The topological polar surface area (TPSA) is 92.3 Å². The molecule has 31 heavy (non-hydrogen) atoms. The van der Waals surface area contributed by atoms with Gasteiger partial charge < -0.3 is 20.7 Å². The fraction of sp³-hybridized carbons (Fsp3) is 0.318. The summed E-state index contributed by atoms with van der Waals surface area (Å²) >= 11 is 7.45. The van der Waals surface area contributed by atoms with Crippen molar-refractivity contribution in [1.82, 2.24) is 15.0 Å². The second kappa shape index (κ2) is 9.98. The van der Waals surface area contributed by atoms with E-state index in [1.165, 1.54) is 11.5 Å². The lowest BCUT2D eigenvalue weighted by Gasteiger charge is -2.23. The first-order chi connectivity index (χ1) is 14.7. The van der Waals surface area contributed by atoms with Gasteiger partial charge in [0.1, 0.15) is 17.5 Å². The summed E-state index contributed by atoms with van der Waals surface area (Å²) < 4.78 is 10.7. The number of amides is 2. The zero-order valence-corrected chi connectivity index (χ0v) is 19.1. The Labute approximate surface area is 190 Å². The van der Waals surface area contributed by atoms with E-state index in [1.54, 1.807) is 32.9 Å². The van der Waals surface area contributed by atoms with Gasteiger partial charge in [0.05, 0.1) is 4.70 Å². The molecule has 7 nitrogen and oxygen atoms in total. The normalized spacial score (nSPS) is 12.3. The molecule has 1 aromatic heterocycles. The van der Waals surface area contributed by atoms with Crippen molar-refractivity contribution in [2.75, 3.05) is 18.4 Å². The van der Waals surface area contributed by atoms with Crippen molar-refractivity contribution in [3.8, 4) is 0 Å². The van der Waals surface area contributed by atoms with Crippen LogP contribution in [0.4, 0.5) is 10.6 Å². The fourth-order valence-electron chi connectivity index (χ4n) is 2.88. The summed E-state index contributed by atoms with van der Waals surface area (Å²) in [4.78, 5) is 25.1. The van der Waals surface area contributed by atoms with Crippen LogP contribution in [0.3, 0.4) is 0 Å². The number of carbonyl (C=O) groups is 2. The fourth-order valence-corrected chi connectivity index (χ4v) is 3.79. The molecule has 2 aromatic carbocycles. The van der Waals surface area contributed by atoms with Gasteiger partial charge in [-0.3, -0.25) is 4.79 Å². The van der Waals surface area contributed by atoms with Gasteiger partial charge >= 0.3 is 6.09 Å². The van der Waals surface area contributed by atoms with Gasteiger partial charge in [-0.25, -0.2) is 4.79 Å². The molecule has 1 atom stereocenters. The quantitative estimate of drug-likeness (QED) is 0.443. The number of anilines is 1. The number of alkyl carbamates (subject to hydrolysis) is 1. The van der Waals surface area contributed by atoms with Crippen molar-refractivity contribution in [2.45, 2.75) is 32.4 Å². The zero-order chi connectivity index (χ0) is 22.4. The van der Waals surface area contributed by atoms with Gasteiger partial charge in [0, 0.05) is 23.5 Å². The van der Waals surface area contributed by atoms with E-state index in [2.05, 4.69) is 20.3 Å². The molecule has 0 radical (unpaired) electrons. The number of rotatable bonds is 7. The van der Waals surface area contributed by atoms with Crippen LogP contribution in [-0.4, -0.2) is 35.1 Å². The predicted octanol–water partition coefficient (Wildman–Crippen LogP) is 4.74. The Hall–Kier alpha value is -2.84. The lowest BCUT2D eigenvalue weighted by molar-refractivity contribution is -0.123. The van der Waals surface area contributed by atoms with E-state index in [4.69, 9.17) is 16.3 Å². The molecule has 0 saturated heterocycles. The largest absolute Gasteiger partial charge is 0.444 e. The van der Waals surface area contributed by atoms with Crippen LogP contribution in [0.2, 0.25) is 5.02 Å². The first kappa shape index (κ1) is 22.8. The number of fused-ring (bicyclic) bond motifs is 1. The van der Waals surface area contributed by atoms with Crippen molar-refractivity contribution >= 4 is 51.0 Å². The van der Waals surface area contributed by atoms with Gasteiger partial charge in [-0.2, -0.15) is 4.37 Å². The molecular formula is C22H25ClN4O3S. The number of ether oxygens (including phenoxy) is 1. The number of nitrogens with one attached hydrogen (secondary N) is 3. The third kappa shape index (κ3) is 6.57. The van der Waals surface area contributed by atoms with Crippen LogP contribution in [0.5, 0.6) is 0 Å². The Kier molecular flexibility index (Phi) is 7.35. The van der Waals surface area contributed by atoms with Crippen LogP contribution in [0, 0.1) is 0 Å². The van der Waals surface area contributed by atoms with E-state index < -0.39 is 17.7 Å². The molecule has 0 saturated carbocycles. The summed E-state index contributed by atoms with van der Waals surface area (Å²) in [5, 5.41) is 10.3. The molecule has 164 valence electrons. The lowest BCUT2D eigenvalue weighted by atomic mass is 10.1. The number of aromatic nitrogens is 1. The molecule has 0 fully saturated rings. The number of halogens is 1. The molecule has 0 spiro atoms. The minimum Gasteiger partial charge on any atom is -0.444 e. The SMILES string of the molecule is CC(C)(C)OC(=O)N[C@@H](C(=O)NCCNc1nsc2ccc(Cl)cc12)c1ccccc1. The van der Waals surface area contributed by atoms with Gasteiger partial charge in [-0.05, 0) is 56.1 Å². The second-order valence-electron chi connectivity index (χ2n) is 7.88. The van der Waals surface area contributed by atoms with Crippen LogP contribution < -0.4 is 16.0 Å². The molecule has 3 N–H and O–H groups in total. The number of benzene rings is 2. The van der Waals surface area contributed by atoms with E-state index in [0.717, 1.165) is 15.9 Å². The van der Waals surface area contributed by atoms with Crippen LogP contribution in [0.15, 0.2) is 48.5 Å². The summed E-state index contributed by atoms with van der Waals surface area (Å²) in [6.07, 6.45) is -0.652. The highest BCUT2D eigenvalue weighted by Crippen LogP contribution is 2.29. The van der Waals surface area contributed by atoms with Gasteiger partial charge in [-0.15, -0.1) is 0 Å². The molecule has 1 heterocycles. The zero-order valence-electron chi connectivity index (χ0n) is 17.6. The van der Waals surface area contributed by atoms with Gasteiger partial charge in [-0.1, -0.05) is 41.9 Å². The summed E-state index contributed by atoms with van der Waals surface area (Å²) in [6.45, 7) is 6.12. The molecule has 3 aromatic rings. The van der Waals surface area contributed by atoms with Crippen molar-refractivity contribution in [3.05, 3.63) is 59.1 Å². The van der Waals surface area contributed by atoms with Gasteiger partial charge in [0.25, 0.3) is 0 Å². The van der Waals surface area contributed by atoms with E-state index in [1.807, 2.05) is 36.4 Å². The van der Waals surface area contributed by atoms with Gasteiger partial charge in [0.2, 0.25) is 5.91 Å². The standard InChI is InChI=1S/C22H25ClN4O3S/c1-22(2,3)30-21(29)26-18(14-7-5-4-6-8-14)20(28)25-12-11-24-19-16-13-15(23)9-10-17(16)31-27-19/h4-10,13,18H,11-12H2,1-3H3,(H,24,27)(H,25,28)(H,26,29)/t18-/m1/s1. The minimum atomic E-state index is -0.866.